The average Bonchev–Trinajstić information content (AvgIpc) is 3.29. The van der Waals surface area contributed by atoms with Crippen LogP contribution in [0, 0.1) is 0 Å². The Labute approximate surface area is 165 Å². The number of imidazole rings is 1. The lowest BCUT2D eigenvalue weighted by atomic mass is 9.94. The van der Waals surface area contributed by atoms with E-state index in [0.717, 1.165) is 43.1 Å². The maximum atomic E-state index is 4.78. The molecule has 148 valence electrons. The molecule has 0 aliphatic heterocycles. The zero-order valence-corrected chi connectivity index (χ0v) is 16.9. The molecule has 0 bridgehead atoms. The maximum absolute atomic E-state index is 4.78. The fraction of sp³-hybridized carbons (Fsp3) is 0.476. The number of rotatable bonds is 5. The van der Waals surface area contributed by atoms with Crippen molar-refractivity contribution in [2.45, 2.75) is 58.7 Å². The first-order valence-corrected chi connectivity index (χ1v) is 10.2. The molecule has 0 aromatic carbocycles. The van der Waals surface area contributed by atoms with Crippen LogP contribution in [-0.2, 0) is 19.4 Å². The summed E-state index contributed by atoms with van der Waals surface area (Å²) in [6.45, 7) is 7.81. The molecule has 7 nitrogen and oxygen atoms in total. The Balaban J connectivity index is 1.43. The minimum atomic E-state index is 0.349. The number of nitrogens with one attached hydrogen (secondary N) is 2. The van der Waals surface area contributed by atoms with Gasteiger partial charge in [0.2, 0.25) is 0 Å². The number of aryl methyl sites for hydroxylation is 1. The highest BCUT2D eigenvalue weighted by atomic mass is 15.3. The average molecular weight is 380 g/mol. The third kappa shape index (κ3) is 4.03. The first kappa shape index (κ1) is 18.5. The number of aromatic nitrogens is 4. The molecular weight excluding hydrogens is 350 g/mol. The van der Waals surface area contributed by atoms with Crippen molar-refractivity contribution < 1.29 is 0 Å². The van der Waals surface area contributed by atoms with E-state index in [9.17, 15) is 0 Å². The molecule has 1 aliphatic rings. The topological polar surface area (TPSA) is 71.5 Å². The van der Waals surface area contributed by atoms with Gasteiger partial charge in [0.25, 0.3) is 0 Å². The predicted octanol–water partition coefficient (Wildman–Crippen LogP) is 2.72. The third-order valence-corrected chi connectivity index (χ3v) is 5.12. The number of aliphatic imine (C=N–C) groups is 1. The number of nitrogens with zero attached hydrogens (tertiary/aromatic N) is 5. The maximum Gasteiger partial charge on any atom is 0.191 e. The van der Waals surface area contributed by atoms with Gasteiger partial charge in [-0.05, 0) is 51.3 Å². The normalized spacial score (nSPS) is 17.1. The molecule has 4 rings (SSSR count). The molecular formula is C21H29N7. The molecule has 0 saturated carbocycles. The molecule has 0 radical (unpaired) electrons. The number of guanidine groups is 1. The zero-order chi connectivity index (χ0) is 19.5. The number of pyridine rings is 1. The van der Waals surface area contributed by atoms with E-state index in [2.05, 4.69) is 47.3 Å². The fourth-order valence-corrected chi connectivity index (χ4v) is 3.64. The summed E-state index contributed by atoms with van der Waals surface area (Å²) in [7, 11) is 0. The summed E-state index contributed by atoms with van der Waals surface area (Å²) in [6.07, 6.45) is 9.34. The zero-order valence-electron chi connectivity index (χ0n) is 16.9. The van der Waals surface area contributed by atoms with E-state index in [1.54, 1.807) is 0 Å². The van der Waals surface area contributed by atoms with Crippen molar-refractivity contribution >= 4 is 11.6 Å². The smallest absolute Gasteiger partial charge is 0.191 e. The largest absolute Gasteiger partial charge is 0.357 e. The van der Waals surface area contributed by atoms with Crippen molar-refractivity contribution in [2.75, 3.05) is 6.54 Å². The van der Waals surface area contributed by atoms with Crippen molar-refractivity contribution in [3.05, 3.63) is 53.7 Å². The standard InChI is InChI=1S/C21H29N7/c1-4-22-21(23-12-18-14-27-10-6-5-7-20(27)24-18)25-17-9-8-16-13-28(15(2)3)26-19(16)11-17/h5-7,10,13-15,17H,4,8-9,11-12H2,1-3H3,(H2,22,23,25). The first-order chi connectivity index (χ1) is 13.6. The molecule has 1 unspecified atom stereocenters. The Bertz CT molecular complexity index is 933. The summed E-state index contributed by atoms with van der Waals surface area (Å²) in [5, 5.41) is 11.7. The first-order valence-electron chi connectivity index (χ1n) is 10.2. The molecule has 7 heteroatoms. The Hall–Kier alpha value is -2.83. The summed E-state index contributed by atoms with van der Waals surface area (Å²) in [5.74, 6) is 0.844. The van der Waals surface area contributed by atoms with Gasteiger partial charge in [-0.2, -0.15) is 5.10 Å². The molecule has 1 aliphatic carbocycles. The molecule has 3 aromatic heterocycles. The Morgan fingerprint density at radius 2 is 2.21 bits per heavy atom. The van der Waals surface area contributed by atoms with Gasteiger partial charge in [-0.15, -0.1) is 0 Å². The highest BCUT2D eigenvalue weighted by Gasteiger charge is 2.23. The minimum absolute atomic E-state index is 0.349. The molecule has 28 heavy (non-hydrogen) atoms. The van der Waals surface area contributed by atoms with E-state index in [1.807, 2.05) is 35.0 Å². The van der Waals surface area contributed by atoms with Gasteiger partial charge in [0.1, 0.15) is 5.65 Å². The van der Waals surface area contributed by atoms with Crippen molar-refractivity contribution in [3.8, 4) is 0 Å². The monoisotopic (exact) mass is 379 g/mol. The predicted molar refractivity (Wildman–Crippen MR) is 112 cm³/mol. The fourth-order valence-electron chi connectivity index (χ4n) is 3.64. The van der Waals surface area contributed by atoms with Crippen molar-refractivity contribution in [3.63, 3.8) is 0 Å². The van der Waals surface area contributed by atoms with Crippen molar-refractivity contribution in [1.29, 1.82) is 0 Å². The van der Waals surface area contributed by atoms with Gasteiger partial charge >= 0.3 is 0 Å². The molecule has 0 amide bonds. The van der Waals surface area contributed by atoms with Crippen LogP contribution in [0.25, 0.3) is 5.65 Å². The van der Waals surface area contributed by atoms with Gasteiger partial charge in [0, 0.05) is 43.6 Å². The van der Waals surface area contributed by atoms with Gasteiger partial charge < -0.3 is 15.0 Å². The summed E-state index contributed by atoms with van der Waals surface area (Å²) >= 11 is 0. The second kappa shape index (κ2) is 8.04. The molecule has 3 aromatic rings. The van der Waals surface area contributed by atoms with Gasteiger partial charge in [0.15, 0.2) is 5.96 Å². The van der Waals surface area contributed by atoms with Crippen LogP contribution in [0.5, 0.6) is 0 Å². The lowest BCUT2D eigenvalue weighted by Gasteiger charge is -2.24. The molecule has 3 heterocycles. The summed E-state index contributed by atoms with van der Waals surface area (Å²) < 4.78 is 4.11. The van der Waals surface area contributed by atoms with Crippen LogP contribution in [0.15, 0.2) is 41.8 Å². The minimum Gasteiger partial charge on any atom is -0.357 e. The van der Waals surface area contributed by atoms with E-state index in [1.165, 1.54) is 11.3 Å². The van der Waals surface area contributed by atoms with Gasteiger partial charge in [-0.3, -0.25) is 4.68 Å². The SMILES string of the molecule is CCNC(=NCc1cn2ccccc2n1)NC1CCc2cn(C(C)C)nc2C1. The van der Waals surface area contributed by atoms with E-state index < -0.39 is 0 Å². The van der Waals surface area contributed by atoms with Crippen LogP contribution in [-0.4, -0.2) is 37.7 Å². The van der Waals surface area contributed by atoms with Crippen LogP contribution >= 0.6 is 0 Å². The van der Waals surface area contributed by atoms with Crippen LogP contribution < -0.4 is 10.6 Å². The summed E-state index contributed by atoms with van der Waals surface area (Å²) in [6, 6.07) is 6.76. The van der Waals surface area contributed by atoms with Crippen molar-refractivity contribution in [1.82, 2.24) is 29.8 Å². The third-order valence-electron chi connectivity index (χ3n) is 5.12. The Morgan fingerprint density at radius 3 is 3.00 bits per heavy atom. The van der Waals surface area contributed by atoms with E-state index in [4.69, 9.17) is 10.1 Å². The molecule has 0 fully saturated rings. The van der Waals surface area contributed by atoms with E-state index >= 15 is 0 Å². The van der Waals surface area contributed by atoms with Gasteiger partial charge in [-0.1, -0.05) is 6.07 Å². The second-order valence-electron chi connectivity index (χ2n) is 7.65. The summed E-state index contributed by atoms with van der Waals surface area (Å²) in [4.78, 5) is 9.38. The van der Waals surface area contributed by atoms with E-state index in [-0.39, 0.29) is 0 Å². The van der Waals surface area contributed by atoms with Crippen LogP contribution in [0.3, 0.4) is 0 Å². The molecule has 2 N–H and O–H groups in total. The highest BCUT2D eigenvalue weighted by molar-refractivity contribution is 5.80. The Kier molecular flexibility index (Phi) is 5.32. The molecule has 1 atom stereocenters. The van der Waals surface area contributed by atoms with Crippen LogP contribution in [0.1, 0.15) is 50.2 Å². The van der Waals surface area contributed by atoms with Gasteiger partial charge in [0.05, 0.1) is 17.9 Å². The number of hydrogen-bond donors (Lipinski definition) is 2. The molecule has 0 saturated heterocycles. The van der Waals surface area contributed by atoms with Crippen LogP contribution in [0.4, 0.5) is 0 Å². The van der Waals surface area contributed by atoms with Gasteiger partial charge in [-0.25, -0.2) is 9.98 Å². The molecule has 0 spiro atoms. The quantitative estimate of drug-likeness (QED) is 0.528. The van der Waals surface area contributed by atoms with E-state index in [0.29, 0.717) is 18.6 Å². The number of fused-ring (bicyclic) bond motifs is 2. The summed E-state index contributed by atoms with van der Waals surface area (Å²) in [5.41, 5.74) is 4.52. The Morgan fingerprint density at radius 1 is 1.32 bits per heavy atom. The lowest BCUT2D eigenvalue weighted by molar-refractivity contribution is 0.499. The highest BCUT2D eigenvalue weighted by Crippen LogP contribution is 2.21. The van der Waals surface area contributed by atoms with Crippen LogP contribution in [0.2, 0.25) is 0 Å². The van der Waals surface area contributed by atoms with Crippen molar-refractivity contribution in [2.24, 2.45) is 4.99 Å². The lowest BCUT2D eigenvalue weighted by Crippen LogP contribution is -2.45. The number of hydrogen-bond acceptors (Lipinski definition) is 3. The second-order valence-corrected chi connectivity index (χ2v) is 7.65.